The van der Waals surface area contributed by atoms with E-state index in [2.05, 4.69) is 14.5 Å². The van der Waals surface area contributed by atoms with Crippen molar-refractivity contribution in [2.24, 2.45) is 0 Å². The van der Waals surface area contributed by atoms with Gasteiger partial charge in [-0.2, -0.15) is 4.98 Å². The molecular formula is C12H13N3O. The van der Waals surface area contributed by atoms with Crippen molar-refractivity contribution in [2.45, 2.75) is 32.2 Å². The van der Waals surface area contributed by atoms with Gasteiger partial charge in [-0.15, -0.1) is 0 Å². The summed E-state index contributed by atoms with van der Waals surface area (Å²) in [7, 11) is 0. The predicted octanol–water partition coefficient (Wildman–Crippen LogP) is 1.52. The van der Waals surface area contributed by atoms with Gasteiger partial charge in [-0.05, 0) is 25.0 Å². The lowest BCUT2D eigenvalue weighted by Gasteiger charge is -2.11. The van der Waals surface area contributed by atoms with Gasteiger partial charge in [-0.1, -0.05) is 6.42 Å². The Morgan fingerprint density at radius 1 is 1.25 bits per heavy atom. The van der Waals surface area contributed by atoms with Gasteiger partial charge in [0.05, 0.1) is 5.39 Å². The molecule has 2 aromatic rings. The molecule has 0 atom stereocenters. The van der Waals surface area contributed by atoms with Gasteiger partial charge in [-0.3, -0.25) is 4.79 Å². The lowest BCUT2D eigenvalue weighted by molar-refractivity contribution is 0.637. The Hall–Kier alpha value is -1.71. The minimum absolute atomic E-state index is 0.142. The molecule has 4 nitrogen and oxygen atoms in total. The van der Waals surface area contributed by atoms with Crippen molar-refractivity contribution in [3.8, 4) is 0 Å². The molecule has 0 amide bonds. The van der Waals surface area contributed by atoms with E-state index in [9.17, 15) is 4.79 Å². The van der Waals surface area contributed by atoms with E-state index in [1.807, 2.05) is 0 Å². The molecule has 3 rings (SSSR count). The summed E-state index contributed by atoms with van der Waals surface area (Å²) < 4.78 is 2.10. The molecule has 1 aliphatic rings. The first kappa shape index (κ1) is 9.51. The molecule has 0 saturated heterocycles. The molecular weight excluding hydrogens is 202 g/mol. The summed E-state index contributed by atoms with van der Waals surface area (Å²) in [5, 5.41) is 0.633. The molecule has 82 valence electrons. The van der Waals surface area contributed by atoms with Crippen LogP contribution in [0.25, 0.3) is 11.0 Å². The highest BCUT2D eigenvalue weighted by Crippen LogP contribution is 2.16. The highest BCUT2D eigenvalue weighted by Gasteiger charge is 2.13. The molecule has 2 aromatic heterocycles. The van der Waals surface area contributed by atoms with Crippen LogP contribution in [0, 0.1) is 0 Å². The standard InChI is InChI=1S/C12H13N3O/c16-12-9-5-4-7-13-11(9)15-8-3-1-2-6-10(15)14-12/h4-5,7H,1-3,6,8H2. The van der Waals surface area contributed by atoms with Crippen molar-refractivity contribution in [1.82, 2.24) is 14.5 Å². The number of nitrogens with zero attached hydrogens (tertiary/aromatic N) is 3. The second kappa shape index (κ2) is 3.70. The number of aromatic nitrogens is 3. The van der Waals surface area contributed by atoms with Crippen LogP contribution in [-0.4, -0.2) is 14.5 Å². The summed E-state index contributed by atoms with van der Waals surface area (Å²) in [6, 6.07) is 3.59. The van der Waals surface area contributed by atoms with Crippen molar-refractivity contribution < 1.29 is 0 Å². The molecule has 3 heterocycles. The van der Waals surface area contributed by atoms with Gasteiger partial charge in [0.2, 0.25) is 0 Å². The Balaban J connectivity index is 2.37. The fourth-order valence-electron chi connectivity index (χ4n) is 2.29. The molecule has 0 radical (unpaired) electrons. The summed E-state index contributed by atoms with van der Waals surface area (Å²) in [5.74, 6) is 0.897. The number of hydrogen-bond acceptors (Lipinski definition) is 3. The van der Waals surface area contributed by atoms with Crippen LogP contribution in [0.15, 0.2) is 23.1 Å². The smallest absolute Gasteiger partial charge is 0.282 e. The van der Waals surface area contributed by atoms with Crippen LogP contribution < -0.4 is 5.56 Å². The number of pyridine rings is 1. The Morgan fingerprint density at radius 3 is 3.12 bits per heavy atom. The molecule has 4 heteroatoms. The number of aryl methyl sites for hydroxylation is 2. The quantitative estimate of drug-likeness (QED) is 0.669. The molecule has 1 aliphatic heterocycles. The fourth-order valence-corrected chi connectivity index (χ4v) is 2.29. The van der Waals surface area contributed by atoms with Crippen LogP contribution in [0.2, 0.25) is 0 Å². The van der Waals surface area contributed by atoms with Gasteiger partial charge in [-0.25, -0.2) is 4.98 Å². The summed E-state index contributed by atoms with van der Waals surface area (Å²) in [4.78, 5) is 20.3. The van der Waals surface area contributed by atoms with Crippen LogP contribution in [-0.2, 0) is 13.0 Å². The van der Waals surface area contributed by atoms with Gasteiger partial charge in [0.1, 0.15) is 11.5 Å². The molecule has 16 heavy (non-hydrogen) atoms. The molecule has 0 aliphatic carbocycles. The van der Waals surface area contributed by atoms with E-state index in [1.165, 1.54) is 6.42 Å². The van der Waals surface area contributed by atoms with Crippen molar-refractivity contribution in [1.29, 1.82) is 0 Å². The monoisotopic (exact) mass is 215 g/mol. The summed E-state index contributed by atoms with van der Waals surface area (Å²) in [6.07, 6.45) is 6.08. The summed E-state index contributed by atoms with van der Waals surface area (Å²) in [5.41, 5.74) is 0.649. The molecule has 0 saturated carbocycles. The molecule has 0 bridgehead atoms. The van der Waals surface area contributed by atoms with Crippen LogP contribution in [0.3, 0.4) is 0 Å². The highest BCUT2D eigenvalue weighted by molar-refractivity contribution is 5.73. The zero-order chi connectivity index (χ0) is 11.0. The van der Waals surface area contributed by atoms with Crippen molar-refractivity contribution >= 4 is 11.0 Å². The van der Waals surface area contributed by atoms with Gasteiger partial charge in [0, 0.05) is 19.2 Å². The van der Waals surface area contributed by atoms with E-state index in [0.29, 0.717) is 5.39 Å². The lowest BCUT2D eigenvalue weighted by atomic mass is 10.2. The third-order valence-electron chi connectivity index (χ3n) is 3.10. The maximum absolute atomic E-state index is 11.8. The first-order chi connectivity index (χ1) is 7.86. The zero-order valence-corrected chi connectivity index (χ0v) is 9.02. The third kappa shape index (κ3) is 1.41. The normalized spacial score (nSPS) is 15.8. The Labute approximate surface area is 93.0 Å². The maximum atomic E-state index is 11.8. The van der Waals surface area contributed by atoms with Gasteiger partial charge in [0.25, 0.3) is 5.56 Å². The Morgan fingerprint density at radius 2 is 2.19 bits per heavy atom. The van der Waals surface area contributed by atoms with Crippen LogP contribution >= 0.6 is 0 Å². The average molecular weight is 215 g/mol. The van der Waals surface area contributed by atoms with E-state index in [1.54, 1.807) is 18.3 Å². The van der Waals surface area contributed by atoms with Crippen LogP contribution in [0.4, 0.5) is 0 Å². The van der Waals surface area contributed by atoms with Crippen molar-refractivity contribution in [3.63, 3.8) is 0 Å². The largest absolute Gasteiger partial charge is 0.314 e. The highest BCUT2D eigenvalue weighted by atomic mass is 16.1. The summed E-state index contributed by atoms with van der Waals surface area (Å²) in [6.45, 7) is 0.927. The molecule has 0 unspecified atom stereocenters. The third-order valence-corrected chi connectivity index (χ3v) is 3.10. The van der Waals surface area contributed by atoms with Crippen molar-refractivity contribution in [3.05, 3.63) is 34.5 Å². The van der Waals surface area contributed by atoms with Crippen LogP contribution in [0.5, 0.6) is 0 Å². The van der Waals surface area contributed by atoms with Gasteiger partial charge < -0.3 is 4.57 Å². The number of hydrogen-bond donors (Lipinski definition) is 0. The second-order valence-electron chi connectivity index (χ2n) is 4.17. The summed E-state index contributed by atoms with van der Waals surface area (Å²) >= 11 is 0. The second-order valence-corrected chi connectivity index (χ2v) is 4.17. The SMILES string of the molecule is O=c1nc2n(c3ncccc13)CCCCC2. The topological polar surface area (TPSA) is 47.8 Å². The van der Waals surface area contributed by atoms with Crippen LogP contribution in [0.1, 0.15) is 25.1 Å². The number of fused-ring (bicyclic) bond motifs is 3. The first-order valence-corrected chi connectivity index (χ1v) is 5.71. The first-order valence-electron chi connectivity index (χ1n) is 5.71. The Bertz CT molecular complexity index is 588. The number of rotatable bonds is 0. The molecule has 0 fully saturated rings. The van der Waals surface area contributed by atoms with E-state index in [-0.39, 0.29) is 5.56 Å². The zero-order valence-electron chi connectivity index (χ0n) is 9.02. The molecule has 0 aromatic carbocycles. The van der Waals surface area contributed by atoms with Gasteiger partial charge in [0.15, 0.2) is 0 Å². The van der Waals surface area contributed by atoms with E-state index in [4.69, 9.17) is 0 Å². The fraction of sp³-hybridized carbons (Fsp3) is 0.417. The Kier molecular flexibility index (Phi) is 2.20. The molecule has 0 N–H and O–H groups in total. The minimum Gasteiger partial charge on any atom is -0.314 e. The minimum atomic E-state index is -0.142. The van der Waals surface area contributed by atoms with Gasteiger partial charge >= 0.3 is 0 Å². The van der Waals surface area contributed by atoms with Crippen molar-refractivity contribution in [2.75, 3.05) is 0 Å². The van der Waals surface area contributed by atoms with E-state index in [0.717, 1.165) is 37.3 Å². The molecule has 0 spiro atoms. The lowest BCUT2D eigenvalue weighted by Crippen LogP contribution is -2.18. The average Bonchev–Trinajstić information content (AvgIpc) is 2.55. The predicted molar refractivity (Wildman–Crippen MR) is 61.4 cm³/mol. The van der Waals surface area contributed by atoms with E-state index < -0.39 is 0 Å². The maximum Gasteiger partial charge on any atom is 0.282 e. The van der Waals surface area contributed by atoms with E-state index >= 15 is 0 Å².